The lowest BCUT2D eigenvalue weighted by molar-refractivity contribution is -0.660. The molecule has 3 heteroatoms. The molecule has 39 heavy (non-hydrogen) atoms. The summed E-state index contributed by atoms with van der Waals surface area (Å²) >= 11 is 0. The lowest BCUT2D eigenvalue weighted by Crippen LogP contribution is -2.30. The molecule has 0 atom stereocenters. The number of aryl methyl sites for hydroxylation is 2. The standard InChI is InChI=1S/C36H37N2O/c1-23-12-18-29-30-19-15-27(22-37)33(35(30)39-34(29)32(23)31-11-6-7-20-38(31)5)26-10-8-9-25(21-26)24-13-16-28(17-14-24)36(2,3)4/h6-12,15,18-21,24,28H,13-14,16-17H2,1-5H3/q+1. The van der Waals surface area contributed by atoms with E-state index in [0.717, 1.165) is 50.2 Å². The zero-order chi connectivity index (χ0) is 27.3. The third-order valence-electron chi connectivity index (χ3n) is 9.05. The Hall–Kier alpha value is -3.90. The first-order valence-corrected chi connectivity index (χ1v) is 14.2. The minimum atomic E-state index is 0.374. The van der Waals surface area contributed by atoms with Crippen molar-refractivity contribution in [3.05, 3.63) is 89.6 Å². The molecule has 3 nitrogen and oxygen atoms in total. The average Bonchev–Trinajstić information content (AvgIpc) is 3.31. The summed E-state index contributed by atoms with van der Waals surface area (Å²) in [6.45, 7) is 9.26. The van der Waals surface area contributed by atoms with Crippen LogP contribution in [0, 0.1) is 29.6 Å². The molecule has 0 radical (unpaired) electrons. The number of benzene rings is 3. The second kappa shape index (κ2) is 9.69. The molecular formula is C36H37N2O+. The zero-order valence-corrected chi connectivity index (χ0v) is 23.7. The number of pyridine rings is 1. The molecule has 3 aromatic carbocycles. The Morgan fingerprint density at radius 2 is 1.56 bits per heavy atom. The molecule has 2 aromatic heterocycles. The average molecular weight is 514 g/mol. The number of rotatable bonds is 3. The third kappa shape index (κ3) is 4.43. The molecule has 1 fully saturated rings. The van der Waals surface area contributed by atoms with Gasteiger partial charge >= 0.3 is 0 Å². The molecule has 0 bridgehead atoms. The number of hydrogen-bond donors (Lipinski definition) is 0. The van der Waals surface area contributed by atoms with Gasteiger partial charge in [-0.1, -0.05) is 57.2 Å². The topological polar surface area (TPSA) is 40.8 Å². The number of aromatic nitrogens is 1. The zero-order valence-electron chi connectivity index (χ0n) is 23.7. The number of fused-ring (bicyclic) bond motifs is 3. The van der Waals surface area contributed by atoms with Crippen LogP contribution in [0.25, 0.3) is 44.3 Å². The molecule has 6 rings (SSSR count). The number of furan rings is 1. The minimum absolute atomic E-state index is 0.374. The molecule has 1 aliphatic carbocycles. The second-order valence-electron chi connectivity index (χ2n) is 12.4. The summed E-state index contributed by atoms with van der Waals surface area (Å²) in [6.07, 6.45) is 7.07. The van der Waals surface area contributed by atoms with Crippen LogP contribution >= 0.6 is 0 Å². The highest BCUT2D eigenvalue weighted by Crippen LogP contribution is 2.45. The van der Waals surface area contributed by atoms with E-state index in [0.29, 0.717) is 16.9 Å². The van der Waals surface area contributed by atoms with Gasteiger partial charge < -0.3 is 4.42 Å². The lowest BCUT2D eigenvalue weighted by Gasteiger charge is -2.37. The molecule has 0 spiro atoms. The van der Waals surface area contributed by atoms with E-state index in [-0.39, 0.29) is 0 Å². The normalized spacial score (nSPS) is 17.9. The SMILES string of the molecule is Cc1ccc2c(oc3c(-c4cccc(C5CCC(C(C)(C)C)CC5)c4)c(C#N)ccc32)c1-c1cccc[n+]1C. The van der Waals surface area contributed by atoms with Crippen molar-refractivity contribution < 1.29 is 8.98 Å². The molecular weight excluding hydrogens is 476 g/mol. The molecule has 0 amide bonds. The van der Waals surface area contributed by atoms with Gasteiger partial charge in [0.15, 0.2) is 6.20 Å². The van der Waals surface area contributed by atoms with E-state index < -0.39 is 0 Å². The predicted octanol–water partition coefficient (Wildman–Crippen LogP) is 9.24. The summed E-state index contributed by atoms with van der Waals surface area (Å²) in [5.74, 6) is 1.35. The molecule has 1 aliphatic rings. The van der Waals surface area contributed by atoms with Crippen molar-refractivity contribution in [1.29, 1.82) is 5.26 Å². The van der Waals surface area contributed by atoms with Crippen LogP contribution in [0.1, 0.15) is 69.1 Å². The first-order chi connectivity index (χ1) is 18.8. The summed E-state index contributed by atoms with van der Waals surface area (Å²) in [5, 5.41) is 12.3. The van der Waals surface area contributed by atoms with E-state index >= 15 is 0 Å². The summed E-state index contributed by atoms with van der Waals surface area (Å²) in [7, 11) is 2.07. The monoisotopic (exact) mass is 513 g/mol. The van der Waals surface area contributed by atoms with E-state index in [1.165, 1.54) is 36.8 Å². The Kier molecular flexibility index (Phi) is 6.31. The second-order valence-corrected chi connectivity index (χ2v) is 12.4. The maximum absolute atomic E-state index is 10.2. The first-order valence-electron chi connectivity index (χ1n) is 14.2. The molecule has 0 saturated heterocycles. The van der Waals surface area contributed by atoms with Crippen LogP contribution < -0.4 is 4.57 Å². The molecule has 0 N–H and O–H groups in total. The summed E-state index contributed by atoms with van der Waals surface area (Å²) in [5.41, 5.74) is 9.41. The number of nitrogens with zero attached hydrogens (tertiary/aromatic N) is 2. The molecule has 2 heterocycles. The van der Waals surface area contributed by atoms with E-state index in [9.17, 15) is 5.26 Å². The predicted molar refractivity (Wildman–Crippen MR) is 159 cm³/mol. The smallest absolute Gasteiger partial charge is 0.216 e. The molecule has 1 saturated carbocycles. The summed E-state index contributed by atoms with van der Waals surface area (Å²) in [4.78, 5) is 0. The van der Waals surface area contributed by atoms with Gasteiger partial charge in [0.2, 0.25) is 5.69 Å². The van der Waals surface area contributed by atoms with Crippen LogP contribution in [0.2, 0.25) is 0 Å². The fourth-order valence-electron chi connectivity index (χ4n) is 6.72. The van der Waals surface area contributed by atoms with Crippen LogP contribution in [-0.2, 0) is 7.05 Å². The van der Waals surface area contributed by atoms with Gasteiger partial charge in [0, 0.05) is 28.5 Å². The van der Waals surface area contributed by atoms with Gasteiger partial charge in [-0.05, 0) is 84.7 Å². The quantitative estimate of drug-likeness (QED) is 0.226. The molecule has 0 unspecified atom stereocenters. The Balaban J connectivity index is 1.50. The van der Waals surface area contributed by atoms with Gasteiger partial charge in [-0.2, -0.15) is 5.26 Å². The van der Waals surface area contributed by atoms with Crippen LogP contribution in [-0.4, -0.2) is 0 Å². The van der Waals surface area contributed by atoms with Crippen molar-refractivity contribution in [3.63, 3.8) is 0 Å². The number of nitriles is 1. The van der Waals surface area contributed by atoms with E-state index in [1.54, 1.807) is 0 Å². The largest absolute Gasteiger partial charge is 0.454 e. The maximum Gasteiger partial charge on any atom is 0.216 e. The first kappa shape index (κ1) is 25.4. The Morgan fingerprint density at radius 1 is 0.846 bits per heavy atom. The van der Waals surface area contributed by atoms with Crippen molar-refractivity contribution in [3.8, 4) is 28.5 Å². The van der Waals surface area contributed by atoms with Crippen molar-refractivity contribution in [2.24, 2.45) is 18.4 Å². The summed E-state index contributed by atoms with van der Waals surface area (Å²) < 4.78 is 8.91. The van der Waals surface area contributed by atoms with E-state index in [4.69, 9.17) is 4.42 Å². The highest BCUT2D eigenvalue weighted by Gasteiger charge is 2.30. The Labute approximate surface area is 231 Å². The van der Waals surface area contributed by atoms with Crippen molar-refractivity contribution in [2.45, 2.75) is 59.3 Å². The van der Waals surface area contributed by atoms with E-state index in [1.807, 2.05) is 18.2 Å². The third-order valence-corrected chi connectivity index (χ3v) is 9.05. The van der Waals surface area contributed by atoms with Gasteiger partial charge in [-0.25, -0.2) is 4.57 Å². The minimum Gasteiger partial charge on any atom is -0.454 e. The van der Waals surface area contributed by atoms with Crippen molar-refractivity contribution >= 4 is 21.9 Å². The molecule has 196 valence electrons. The van der Waals surface area contributed by atoms with Gasteiger partial charge in [0.1, 0.15) is 18.2 Å². The fraction of sp³-hybridized carbons (Fsp3) is 0.333. The van der Waals surface area contributed by atoms with Gasteiger partial charge in [-0.3, -0.25) is 0 Å². The Morgan fingerprint density at radius 3 is 2.26 bits per heavy atom. The van der Waals surface area contributed by atoms with Crippen molar-refractivity contribution in [1.82, 2.24) is 0 Å². The maximum atomic E-state index is 10.2. The van der Waals surface area contributed by atoms with Crippen LogP contribution in [0.5, 0.6) is 0 Å². The highest BCUT2D eigenvalue weighted by molar-refractivity contribution is 6.14. The molecule has 5 aromatic rings. The van der Waals surface area contributed by atoms with Crippen LogP contribution in [0.3, 0.4) is 0 Å². The van der Waals surface area contributed by atoms with Gasteiger partial charge in [0.25, 0.3) is 0 Å². The van der Waals surface area contributed by atoms with Crippen molar-refractivity contribution in [2.75, 3.05) is 0 Å². The lowest BCUT2D eigenvalue weighted by atomic mass is 9.68. The Bertz CT molecular complexity index is 1740. The number of hydrogen-bond acceptors (Lipinski definition) is 2. The van der Waals surface area contributed by atoms with Gasteiger partial charge in [0.05, 0.1) is 17.2 Å². The van der Waals surface area contributed by atoms with Gasteiger partial charge in [-0.15, -0.1) is 0 Å². The van der Waals surface area contributed by atoms with E-state index in [2.05, 4.69) is 100 Å². The highest BCUT2D eigenvalue weighted by atomic mass is 16.3. The summed E-state index contributed by atoms with van der Waals surface area (Å²) in [6, 6.07) is 25.9. The fourth-order valence-corrected chi connectivity index (χ4v) is 6.72. The van der Waals surface area contributed by atoms with Crippen LogP contribution in [0.15, 0.2) is 77.3 Å². The molecule has 0 aliphatic heterocycles. The van der Waals surface area contributed by atoms with Crippen LogP contribution in [0.4, 0.5) is 0 Å².